The van der Waals surface area contributed by atoms with Crippen LogP contribution in [0, 0.1) is 0 Å². The van der Waals surface area contributed by atoms with E-state index in [0.29, 0.717) is 13.2 Å². The molecule has 1 atom stereocenters. The van der Waals surface area contributed by atoms with Crippen molar-refractivity contribution in [1.29, 1.82) is 0 Å². The molecule has 1 aliphatic heterocycles. The Morgan fingerprint density at radius 1 is 1.44 bits per heavy atom. The van der Waals surface area contributed by atoms with Crippen molar-refractivity contribution in [3.05, 3.63) is 27.7 Å². The largest absolute Gasteiger partial charge is 0.486 e. The van der Waals surface area contributed by atoms with Crippen LogP contribution >= 0.6 is 23.2 Å². The number of aromatic carboxylic acids is 1. The molecule has 0 amide bonds. The smallest absolute Gasteiger partial charge is 0.339 e. The van der Waals surface area contributed by atoms with Gasteiger partial charge in [0.1, 0.15) is 11.7 Å². The lowest BCUT2D eigenvalue weighted by atomic mass is 10.1. The first-order chi connectivity index (χ1) is 8.58. The number of carboxylic acids is 1. The summed E-state index contributed by atoms with van der Waals surface area (Å²) in [5.41, 5.74) is -0.0296. The van der Waals surface area contributed by atoms with E-state index in [-0.39, 0.29) is 27.5 Å². The van der Waals surface area contributed by atoms with Gasteiger partial charge in [-0.3, -0.25) is 0 Å². The van der Waals surface area contributed by atoms with Crippen LogP contribution in [0.4, 0.5) is 0 Å². The fraction of sp³-hybridized carbons (Fsp3) is 0.417. The minimum Gasteiger partial charge on any atom is -0.486 e. The molecule has 1 heterocycles. The first-order valence-electron chi connectivity index (χ1n) is 5.54. The Balaban J connectivity index is 2.27. The average molecular weight is 291 g/mol. The molecule has 0 spiro atoms. The van der Waals surface area contributed by atoms with Crippen LogP contribution in [0.5, 0.6) is 5.75 Å². The molecule has 1 aromatic rings. The Bertz CT molecular complexity index is 456. The SMILES string of the molecule is O=C(O)c1cc(Cl)cc(Cl)c1OC1CCCOC1. The molecule has 0 radical (unpaired) electrons. The van der Waals surface area contributed by atoms with Gasteiger partial charge in [-0.05, 0) is 25.0 Å². The summed E-state index contributed by atoms with van der Waals surface area (Å²) >= 11 is 11.8. The summed E-state index contributed by atoms with van der Waals surface area (Å²) in [5, 5.41) is 9.58. The lowest BCUT2D eigenvalue weighted by Crippen LogP contribution is -2.28. The van der Waals surface area contributed by atoms with Crippen LogP contribution < -0.4 is 4.74 Å². The van der Waals surface area contributed by atoms with Crippen LogP contribution in [0.3, 0.4) is 0 Å². The van der Waals surface area contributed by atoms with Crippen molar-refractivity contribution < 1.29 is 19.4 Å². The number of hydrogen-bond acceptors (Lipinski definition) is 3. The molecular formula is C12H12Cl2O4. The molecule has 0 aliphatic carbocycles. The first kappa shape index (κ1) is 13.5. The van der Waals surface area contributed by atoms with Gasteiger partial charge >= 0.3 is 5.97 Å². The van der Waals surface area contributed by atoms with Gasteiger partial charge in [0.05, 0.1) is 11.6 Å². The van der Waals surface area contributed by atoms with Gasteiger partial charge in [-0.2, -0.15) is 0 Å². The molecule has 6 heteroatoms. The maximum atomic E-state index is 11.1. The highest BCUT2D eigenvalue weighted by molar-refractivity contribution is 6.36. The average Bonchev–Trinajstić information content (AvgIpc) is 2.33. The Morgan fingerprint density at radius 2 is 2.22 bits per heavy atom. The molecule has 98 valence electrons. The lowest BCUT2D eigenvalue weighted by Gasteiger charge is -2.24. The molecule has 0 saturated carbocycles. The molecule has 0 bridgehead atoms. The van der Waals surface area contributed by atoms with E-state index in [1.165, 1.54) is 12.1 Å². The minimum atomic E-state index is -1.12. The zero-order valence-electron chi connectivity index (χ0n) is 9.49. The Morgan fingerprint density at radius 3 is 2.83 bits per heavy atom. The summed E-state index contributed by atoms with van der Waals surface area (Å²) in [5.74, 6) is -0.963. The monoisotopic (exact) mass is 290 g/mol. The van der Waals surface area contributed by atoms with E-state index in [4.69, 9.17) is 37.8 Å². The highest BCUT2D eigenvalue weighted by Crippen LogP contribution is 2.34. The van der Waals surface area contributed by atoms with E-state index in [1.54, 1.807) is 0 Å². The van der Waals surface area contributed by atoms with E-state index in [9.17, 15) is 4.79 Å². The Kier molecular flexibility index (Phi) is 4.32. The summed E-state index contributed by atoms with van der Waals surface area (Å²) in [6.07, 6.45) is 1.53. The van der Waals surface area contributed by atoms with Crippen LogP contribution in [0.25, 0.3) is 0 Å². The number of carbonyl (C=O) groups is 1. The van der Waals surface area contributed by atoms with Crippen LogP contribution in [-0.4, -0.2) is 30.4 Å². The molecular weight excluding hydrogens is 279 g/mol. The van der Waals surface area contributed by atoms with E-state index in [1.807, 2.05) is 0 Å². The van der Waals surface area contributed by atoms with Gasteiger partial charge in [0.25, 0.3) is 0 Å². The topological polar surface area (TPSA) is 55.8 Å². The molecule has 4 nitrogen and oxygen atoms in total. The fourth-order valence-corrected chi connectivity index (χ4v) is 2.35. The van der Waals surface area contributed by atoms with Gasteiger partial charge in [-0.1, -0.05) is 23.2 Å². The van der Waals surface area contributed by atoms with Gasteiger partial charge in [0.2, 0.25) is 0 Å². The fourth-order valence-electron chi connectivity index (χ4n) is 1.81. The predicted octanol–water partition coefficient (Wildman–Crippen LogP) is 3.25. The Hall–Kier alpha value is -0.970. The predicted molar refractivity (Wildman–Crippen MR) is 67.9 cm³/mol. The van der Waals surface area contributed by atoms with Gasteiger partial charge < -0.3 is 14.6 Å². The summed E-state index contributed by atoms with van der Waals surface area (Å²) in [6, 6.07) is 2.79. The number of benzene rings is 1. The van der Waals surface area contributed by atoms with E-state index in [0.717, 1.165) is 12.8 Å². The van der Waals surface area contributed by atoms with Crippen molar-refractivity contribution in [3.8, 4) is 5.75 Å². The number of hydrogen-bond donors (Lipinski definition) is 1. The molecule has 2 rings (SSSR count). The van der Waals surface area contributed by atoms with Crippen molar-refractivity contribution in [2.24, 2.45) is 0 Å². The summed E-state index contributed by atoms with van der Waals surface area (Å²) in [6.45, 7) is 1.15. The zero-order chi connectivity index (χ0) is 13.1. The third-order valence-electron chi connectivity index (χ3n) is 2.64. The second-order valence-corrected chi connectivity index (χ2v) is 4.87. The van der Waals surface area contributed by atoms with Crippen LogP contribution in [0.15, 0.2) is 12.1 Å². The quantitative estimate of drug-likeness (QED) is 0.928. The molecule has 1 aromatic carbocycles. The van der Waals surface area contributed by atoms with Crippen LogP contribution in [-0.2, 0) is 4.74 Å². The Labute approximate surface area is 114 Å². The maximum Gasteiger partial charge on any atom is 0.339 e. The molecule has 1 aliphatic rings. The van der Waals surface area contributed by atoms with Gasteiger partial charge in [0, 0.05) is 11.6 Å². The van der Waals surface area contributed by atoms with Crippen LogP contribution in [0.2, 0.25) is 10.0 Å². The molecule has 0 aromatic heterocycles. The third-order valence-corrected chi connectivity index (χ3v) is 3.14. The normalized spacial score (nSPS) is 19.6. The third kappa shape index (κ3) is 3.07. The zero-order valence-corrected chi connectivity index (χ0v) is 11.0. The summed E-state index contributed by atoms with van der Waals surface area (Å²) in [7, 11) is 0. The minimum absolute atomic E-state index is 0.0296. The summed E-state index contributed by atoms with van der Waals surface area (Å²) in [4.78, 5) is 11.1. The van der Waals surface area contributed by atoms with E-state index in [2.05, 4.69) is 0 Å². The second kappa shape index (κ2) is 5.78. The van der Waals surface area contributed by atoms with Crippen molar-refractivity contribution in [2.75, 3.05) is 13.2 Å². The van der Waals surface area contributed by atoms with Crippen molar-refractivity contribution >= 4 is 29.2 Å². The first-order valence-corrected chi connectivity index (χ1v) is 6.30. The van der Waals surface area contributed by atoms with E-state index >= 15 is 0 Å². The molecule has 1 fully saturated rings. The number of halogens is 2. The van der Waals surface area contributed by atoms with Crippen molar-refractivity contribution in [2.45, 2.75) is 18.9 Å². The number of rotatable bonds is 3. The standard InChI is InChI=1S/C12H12Cl2O4/c13-7-4-9(12(15)16)11(10(14)5-7)18-8-2-1-3-17-6-8/h4-5,8H,1-3,6H2,(H,15,16). The highest BCUT2D eigenvalue weighted by Gasteiger charge is 2.22. The molecule has 1 unspecified atom stereocenters. The van der Waals surface area contributed by atoms with Gasteiger partial charge in [0.15, 0.2) is 5.75 Å². The van der Waals surface area contributed by atoms with Crippen molar-refractivity contribution in [1.82, 2.24) is 0 Å². The lowest BCUT2D eigenvalue weighted by molar-refractivity contribution is 0.00683. The van der Waals surface area contributed by atoms with E-state index < -0.39 is 5.97 Å². The number of carboxylic acid groups (broad SMARTS) is 1. The van der Waals surface area contributed by atoms with Crippen molar-refractivity contribution in [3.63, 3.8) is 0 Å². The van der Waals surface area contributed by atoms with Gasteiger partial charge in [-0.15, -0.1) is 0 Å². The summed E-state index contributed by atoms with van der Waals surface area (Å²) < 4.78 is 10.9. The number of ether oxygens (including phenoxy) is 2. The molecule has 1 N–H and O–H groups in total. The highest BCUT2D eigenvalue weighted by atomic mass is 35.5. The second-order valence-electron chi connectivity index (χ2n) is 4.03. The van der Waals surface area contributed by atoms with Crippen LogP contribution in [0.1, 0.15) is 23.2 Å². The van der Waals surface area contributed by atoms with Gasteiger partial charge in [-0.25, -0.2) is 4.79 Å². The molecule has 18 heavy (non-hydrogen) atoms. The molecule has 1 saturated heterocycles. The maximum absolute atomic E-state index is 11.1.